The Morgan fingerprint density at radius 2 is 1.60 bits per heavy atom. The predicted octanol–water partition coefficient (Wildman–Crippen LogP) is 4.11. The zero-order chi connectivity index (χ0) is 14.9. The van der Waals surface area contributed by atoms with E-state index in [-0.39, 0.29) is 16.8 Å². The maximum absolute atomic E-state index is 13.6. The number of benzene rings is 2. The van der Waals surface area contributed by atoms with Gasteiger partial charge < -0.3 is 10.5 Å². The van der Waals surface area contributed by atoms with Gasteiger partial charge in [0.15, 0.2) is 0 Å². The molecule has 7 heteroatoms. The van der Waals surface area contributed by atoms with Crippen LogP contribution in [0.25, 0.3) is 11.1 Å². The lowest BCUT2D eigenvalue weighted by atomic mass is 10.0. The van der Waals surface area contributed by atoms with Crippen LogP contribution in [0.15, 0.2) is 36.4 Å². The Morgan fingerprint density at radius 3 is 2.25 bits per heavy atom. The van der Waals surface area contributed by atoms with E-state index in [9.17, 15) is 22.0 Å². The molecule has 2 aromatic carbocycles. The van der Waals surface area contributed by atoms with Gasteiger partial charge in [0.05, 0.1) is 0 Å². The zero-order valence-electron chi connectivity index (χ0n) is 9.84. The molecule has 2 nitrogen and oxygen atoms in total. The molecule has 0 spiro atoms. The molecule has 0 aliphatic rings. The normalized spacial score (nSPS) is 11.4. The number of hydrogen-bond acceptors (Lipinski definition) is 2. The molecule has 2 rings (SSSR count). The highest BCUT2D eigenvalue weighted by Gasteiger charge is 2.31. The molecule has 0 amide bonds. The highest BCUT2D eigenvalue weighted by Crippen LogP contribution is 2.34. The third-order valence-electron chi connectivity index (χ3n) is 2.48. The third kappa shape index (κ3) is 3.17. The monoisotopic (exact) mass is 289 g/mol. The van der Waals surface area contributed by atoms with Crippen molar-refractivity contribution in [2.24, 2.45) is 0 Å². The molecule has 0 radical (unpaired) electrons. The largest absolute Gasteiger partial charge is 0.573 e. The van der Waals surface area contributed by atoms with E-state index in [0.717, 1.165) is 36.4 Å². The van der Waals surface area contributed by atoms with Crippen molar-refractivity contribution in [1.29, 1.82) is 0 Å². The summed E-state index contributed by atoms with van der Waals surface area (Å²) in [6.45, 7) is 0. The SMILES string of the molecule is Nc1ccc(OC(F)(F)F)cc1-c1cc(F)ccc1F. The maximum atomic E-state index is 13.6. The Kier molecular flexibility index (Phi) is 3.52. The van der Waals surface area contributed by atoms with E-state index in [4.69, 9.17) is 5.73 Å². The first-order valence-electron chi connectivity index (χ1n) is 5.37. The molecule has 0 unspecified atom stereocenters. The van der Waals surface area contributed by atoms with Crippen LogP contribution in [0.3, 0.4) is 0 Å². The minimum Gasteiger partial charge on any atom is -0.406 e. The summed E-state index contributed by atoms with van der Waals surface area (Å²) >= 11 is 0. The lowest BCUT2D eigenvalue weighted by Gasteiger charge is -2.12. The molecule has 0 aliphatic heterocycles. The fraction of sp³-hybridized carbons (Fsp3) is 0.0769. The molecule has 0 saturated heterocycles. The molecule has 0 fully saturated rings. The lowest BCUT2D eigenvalue weighted by Crippen LogP contribution is -2.17. The van der Waals surface area contributed by atoms with Crippen molar-refractivity contribution >= 4 is 5.69 Å². The van der Waals surface area contributed by atoms with Crippen molar-refractivity contribution in [3.8, 4) is 16.9 Å². The van der Waals surface area contributed by atoms with Crippen LogP contribution in [0.5, 0.6) is 5.75 Å². The van der Waals surface area contributed by atoms with E-state index in [0.29, 0.717) is 0 Å². The van der Waals surface area contributed by atoms with Crippen molar-refractivity contribution in [2.75, 3.05) is 5.73 Å². The van der Waals surface area contributed by atoms with Crippen LogP contribution in [0.2, 0.25) is 0 Å². The lowest BCUT2D eigenvalue weighted by molar-refractivity contribution is -0.274. The maximum Gasteiger partial charge on any atom is 0.573 e. The Bertz CT molecular complexity index is 639. The van der Waals surface area contributed by atoms with Gasteiger partial charge >= 0.3 is 6.36 Å². The minimum atomic E-state index is -4.88. The standard InChI is InChI=1S/C13H8F5NO/c14-7-1-3-11(15)9(5-7)10-6-8(2-4-12(10)19)20-13(16,17)18/h1-6H,19H2. The molecular weight excluding hydrogens is 281 g/mol. The first kappa shape index (κ1) is 14.1. The van der Waals surface area contributed by atoms with Gasteiger partial charge in [-0.2, -0.15) is 0 Å². The molecular formula is C13H8F5NO. The first-order chi connectivity index (χ1) is 9.26. The van der Waals surface area contributed by atoms with Crippen LogP contribution >= 0.6 is 0 Å². The van der Waals surface area contributed by atoms with Crippen LogP contribution in [-0.4, -0.2) is 6.36 Å². The van der Waals surface area contributed by atoms with E-state index in [2.05, 4.69) is 4.74 Å². The zero-order valence-corrected chi connectivity index (χ0v) is 9.84. The van der Waals surface area contributed by atoms with Gasteiger partial charge in [0.2, 0.25) is 0 Å². The number of nitrogens with two attached hydrogens (primary N) is 1. The highest BCUT2D eigenvalue weighted by molar-refractivity contribution is 5.78. The summed E-state index contributed by atoms with van der Waals surface area (Å²) in [6, 6.07) is 5.62. The van der Waals surface area contributed by atoms with Gasteiger partial charge in [-0.15, -0.1) is 13.2 Å². The first-order valence-corrected chi connectivity index (χ1v) is 5.37. The fourth-order valence-electron chi connectivity index (χ4n) is 1.67. The van der Waals surface area contributed by atoms with Crippen molar-refractivity contribution in [3.63, 3.8) is 0 Å². The average Bonchev–Trinajstić information content (AvgIpc) is 2.33. The Balaban J connectivity index is 2.50. The summed E-state index contributed by atoms with van der Waals surface area (Å²) in [5, 5.41) is 0. The van der Waals surface area contributed by atoms with Gasteiger partial charge in [-0.05, 0) is 36.4 Å². The molecule has 20 heavy (non-hydrogen) atoms. The Labute approximate surface area is 110 Å². The second-order valence-electron chi connectivity index (χ2n) is 3.92. The smallest absolute Gasteiger partial charge is 0.406 e. The number of anilines is 1. The van der Waals surface area contributed by atoms with E-state index in [1.54, 1.807) is 0 Å². The summed E-state index contributed by atoms with van der Waals surface area (Å²) in [4.78, 5) is 0. The second kappa shape index (κ2) is 4.99. The summed E-state index contributed by atoms with van der Waals surface area (Å²) in [6.07, 6.45) is -4.88. The van der Waals surface area contributed by atoms with Crippen LogP contribution < -0.4 is 10.5 Å². The molecule has 0 bridgehead atoms. The van der Waals surface area contributed by atoms with E-state index < -0.39 is 23.7 Å². The number of ether oxygens (including phenoxy) is 1. The molecule has 0 aromatic heterocycles. The van der Waals surface area contributed by atoms with E-state index in [1.165, 1.54) is 0 Å². The number of rotatable bonds is 2. The van der Waals surface area contributed by atoms with Gasteiger partial charge in [0.25, 0.3) is 0 Å². The van der Waals surface area contributed by atoms with E-state index >= 15 is 0 Å². The minimum absolute atomic E-state index is 0.00373. The fourth-order valence-corrected chi connectivity index (χ4v) is 1.67. The molecule has 2 aromatic rings. The molecule has 0 saturated carbocycles. The molecule has 2 N–H and O–H groups in total. The third-order valence-corrected chi connectivity index (χ3v) is 2.48. The quantitative estimate of drug-likeness (QED) is 0.667. The summed E-state index contributed by atoms with van der Waals surface area (Å²) < 4.78 is 66.9. The van der Waals surface area contributed by atoms with Crippen LogP contribution in [0.1, 0.15) is 0 Å². The Hall–Kier alpha value is -2.31. The topological polar surface area (TPSA) is 35.2 Å². The second-order valence-corrected chi connectivity index (χ2v) is 3.92. The number of hydrogen-bond donors (Lipinski definition) is 1. The van der Waals surface area contributed by atoms with Gasteiger partial charge in [-0.1, -0.05) is 0 Å². The predicted molar refractivity (Wildman–Crippen MR) is 62.9 cm³/mol. The van der Waals surface area contributed by atoms with Crippen molar-refractivity contribution in [1.82, 2.24) is 0 Å². The van der Waals surface area contributed by atoms with Crippen molar-refractivity contribution in [3.05, 3.63) is 48.0 Å². The van der Waals surface area contributed by atoms with Gasteiger partial charge in [-0.3, -0.25) is 0 Å². The summed E-state index contributed by atoms with van der Waals surface area (Å²) in [5.41, 5.74) is 5.26. The Morgan fingerprint density at radius 1 is 0.900 bits per heavy atom. The van der Waals surface area contributed by atoms with Crippen LogP contribution in [0, 0.1) is 11.6 Å². The molecule has 0 heterocycles. The van der Waals surface area contributed by atoms with Gasteiger partial charge in [0, 0.05) is 16.8 Å². The highest BCUT2D eigenvalue weighted by atomic mass is 19.4. The summed E-state index contributed by atoms with van der Waals surface area (Å²) in [5.74, 6) is -2.10. The molecule has 106 valence electrons. The van der Waals surface area contributed by atoms with Gasteiger partial charge in [0.1, 0.15) is 17.4 Å². The molecule has 0 atom stereocenters. The van der Waals surface area contributed by atoms with Crippen molar-refractivity contribution < 1.29 is 26.7 Å². The summed E-state index contributed by atoms with van der Waals surface area (Å²) in [7, 11) is 0. The van der Waals surface area contributed by atoms with E-state index in [1.807, 2.05) is 0 Å². The average molecular weight is 289 g/mol. The molecule has 0 aliphatic carbocycles. The van der Waals surface area contributed by atoms with Gasteiger partial charge in [-0.25, -0.2) is 8.78 Å². The number of nitrogen functional groups attached to an aromatic ring is 1. The van der Waals surface area contributed by atoms with Crippen LogP contribution in [0.4, 0.5) is 27.6 Å². The number of alkyl halides is 3. The van der Waals surface area contributed by atoms with Crippen molar-refractivity contribution in [2.45, 2.75) is 6.36 Å². The van der Waals surface area contributed by atoms with Crippen LogP contribution in [-0.2, 0) is 0 Å². The number of halogens is 5.